The van der Waals surface area contributed by atoms with Crippen LogP contribution in [0.2, 0.25) is 0 Å². The molecule has 4 N–H and O–H groups in total. The Morgan fingerprint density at radius 3 is 2.48 bits per heavy atom. The topological polar surface area (TPSA) is 92.4 Å². The van der Waals surface area contributed by atoms with Crippen LogP contribution < -0.4 is 11.1 Å². The Kier molecular flexibility index (Phi) is 5.71. The molecule has 1 atom stereocenters. The summed E-state index contributed by atoms with van der Waals surface area (Å²) in [6.07, 6.45) is -4.87. The molecule has 5 nitrogen and oxygen atoms in total. The minimum atomic E-state index is -4.51. The van der Waals surface area contributed by atoms with Gasteiger partial charge in [0.25, 0.3) is 0 Å². The first-order valence-electron chi connectivity index (χ1n) is 6.12. The number of nitrogens with two attached hydrogens (primary N) is 1. The van der Waals surface area contributed by atoms with E-state index >= 15 is 0 Å². The van der Waals surface area contributed by atoms with E-state index in [0.29, 0.717) is 0 Å². The van der Waals surface area contributed by atoms with Crippen LogP contribution in [0.1, 0.15) is 24.0 Å². The van der Waals surface area contributed by atoms with Gasteiger partial charge in [0.15, 0.2) is 0 Å². The molecule has 0 aliphatic rings. The van der Waals surface area contributed by atoms with Crippen molar-refractivity contribution >= 4 is 11.9 Å². The van der Waals surface area contributed by atoms with Crippen molar-refractivity contribution in [1.29, 1.82) is 0 Å². The van der Waals surface area contributed by atoms with Gasteiger partial charge < -0.3 is 16.2 Å². The zero-order chi connectivity index (χ0) is 16.0. The maximum absolute atomic E-state index is 12.7. The Morgan fingerprint density at radius 2 is 1.90 bits per heavy atom. The Hall–Kier alpha value is -2.09. The fourth-order valence-corrected chi connectivity index (χ4v) is 1.67. The highest BCUT2D eigenvalue weighted by atomic mass is 19.4. The molecule has 1 aromatic rings. The van der Waals surface area contributed by atoms with Gasteiger partial charge in [-0.3, -0.25) is 9.59 Å². The third kappa shape index (κ3) is 5.42. The molecule has 0 heterocycles. The van der Waals surface area contributed by atoms with Crippen LogP contribution in [0, 0.1) is 0 Å². The van der Waals surface area contributed by atoms with Gasteiger partial charge in [-0.25, -0.2) is 0 Å². The van der Waals surface area contributed by atoms with Crippen molar-refractivity contribution in [3.63, 3.8) is 0 Å². The fourth-order valence-electron chi connectivity index (χ4n) is 1.67. The van der Waals surface area contributed by atoms with Crippen LogP contribution >= 0.6 is 0 Å². The number of carbonyl (C=O) groups is 2. The Balaban J connectivity index is 2.63. The number of aliphatic carboxylic acids is 1. The number of halogens is 3. The predicted octanol–water partition coefficient (Wildman–Crippen LogP) is 1.51. The van der Waals surface area contributed by atoms with Crippen LogP contribution in [0.5, 0.6) is 0 Å². The summed E-state index contributed by atoms with van der Waals surface area (Å²) in [7, 11) is 0. The summed E-state index contributed by atoms with van der Waals surface area (Å²) in [5.41, 5.74) is 4.55. The molecule has 0 spiro atoms. The summed E-state index contributed by atoms with van der Waals surface area (Å²) >= 11 is 0. The maximum atomic E-state index is 12.7. The van der Waals surface area contributed by atoms with Crippen molar-refractivity contribution in [3.8, 4) is 0 Å². The van der Waals surface area contributed by atoms with Crippen LogP contribution in [-0.2, 0) is 22.3 Å². The van der Waals surface area contributed by atoms with Crippen molar-refractivity contribution in [3.05, 3.63) is 35.4 Å². The van der Waals surface area contributed by atoms with Crippen molar-refractivity contribution in [1.82, 2.24) is 5.32 Å². The molecule has 1 aromatic carbocycles. The number of hydrogen-bond acceptors (Lipinski definition) is 3. The van der Waals surface area contributed by atoms with Crippen LogP contribution in [-0.4, -0.2) is 23.0 Å². The van der Waals surface area contributed by atoms with Crippen LogP contribution in [0.25, 0.3) is 0 Å². The number of carboxylic acids is 1. The summed E-state index contributed by atoms with van der Waals surface area (Å²) in [6, 6.07) is 3.80. The third-order valence-corrected chi connectivity index (χ3v) is 2.78. The van der Waals surface area contributed by atoms with Gasteiger partial charge >= 0.3 is 12.1 Å². The minimum absolute atomic E-state index is 0.0798. The lowest BCUT2D eigenvalue weighted by Crippen LogP contribution is -2.40. The normalized spacial score (nSPS) is 12.8. The van der Waals surface area contributed by atoms with Gasteiger partial charge in [0, 0.05) is 13.0 Å². The maximum Gasteiger partial charge on any atom is 0.416 e. The summed E-state index contributed by atoms with van der Waals surface area (Å²) in [5.74, 6) is -1.78. The van der Waals surface area contributed by atoms with Gasteiger partial charge in [-0.1, -0.05) is 18.2 Å². The molecular weight excluding hydrogens is 289 g/mol. The van der Waals surface area contributed by atoms with E-state index in [-0.39, 0.29) is 24.9 Å². The molecule has 21 heavy (non-hydrogen) atoms. The molecule has 0 aliphatic heterocycles. The minimum Gasteiger partial charge on any atom is -0.481 e. The van der Waals surface area contributed by atoms with Crippen LogP contribution in [0.4, 0.5) is 13.2 Å². The van der Waals surface area contributed by atoms with E-state index < -0.39 is 29.7 Å². The summed E-state index contributed by atoms with van der Waals surface area (Å²) in [6.45, 7) is -0.324. The molecular formula is C13H15F3N2O3. The summed E-state index contributed by atoms with van der Waals surface area (Å²) in [4.78, 5) is 21.9. The first-order chi connectivity index (χ1) is 9.71. The molecule has 0 aliphatic carbocycles. The molecule has 116 valence electrons. The van der Waals surface area contributed by atoms with Crippen molar-refractivity contribution in [2.24, 2.45) is 5.73 Å². The molecule has 8 heteroatoms. The second-order valence-electron chi connectivity index (χ2n) is 4.41. The Morgan fingerprint density at radius 1 is 1.29 bits per heavy atom. The molecule has 0 bridgehead atoms. The van der Waals surface area contributed by atoms with Crippen molar-refractivity contribution < 1.29 is 27.9 Å². The van der Waals surface area contributed by atoms with E-state index in [9.17, 15) is 22.8 Å². The average Bonchev–Trinajstić information content (AvgIpc) is 2.41. The second-order valence-corrected chi connectivity index (χ2v) is 4.41. The highest BCUT2D eigenvalue weighted by molar-refractivity contribution is 5.82. The number of rotatable bonds is 6. The molecule has 0 radical (unpaired) electrons. The molecule has 1 unspecified atom stereocenters. The number of hydrogen-bond donors (Lipinski definition) is 3. The number of amides is 1. The van der Waals surface area contributed by atoms with Crippen LogP contribution in [0.15, 0.2) is 24.3 Å². The molecule has 1 amide bonds. The lowest BCUT2D eigenvalue weighted by atomic mass is 10.1. The lowest BCUT2D eigenvalue weighted by molar-refractivity contribution is -0.139. The molecule has 0 saturated heterocycles. The second kappa shape index (κ2) is 7.07. The number of carbonyl (C=O) groups excluding carboxylic acids is 1. The molecule has 0 saturated carbocycles. The third-order valence-electron chi connectivity index (χ3n) is 2.78. The number of carboxylic acid groups (broad SMARTS) is 1. The van der Waals surface area contributed by atoms with Gasteiger partial charge in [-0.15, -0.1) is 0 Å². The molecule has 1 rings (SSSR count). The largest absolute Gasteiger partial charge is 0.481 e. The van der Waals surface area contributed by atoms with Crippen molar-refractivity contribution in [2.45, 2.75) is 31.6 Å². The fraction of sp³-hybridized carbons (Fsp3) is 0.385. The highest BCUT2D eigenvalue weighted by Crippen LogP contribution is 2.31. The average molecular weight is 304 g/mol. The van der Waals surface area contributed by atoms with Gasteiger partial charge in [-0.05, 0) is 18.1 Å². The van der Waals surface area contributed by atoms with Crippen LogP contribution in [0.3, 0.4) is 0 Å². The monoisotopic (exact) mass is 304 g/mol. The van der Waals surface area contributed by atoms with Gasteiger partial charge in [0.2, 0.25) is 5.91 Å². The van der Waals surface area contributed by atoms with Gasteiger partial charge in [-0.2, -0.15) is 13.2 Å². The standard InChI is InChI=1S/C13H15F3N2O3/c14-13(15,16)9-4-2-1-3-8(9)7-18-12(21)10(17)5-6-11(19)20/h1-4,10H,5-7,17H2,(H,18,21)(H,19,20). The Labute approximate surface area is 118 Å². The SMILES string of the molecule is NC(CCC(=O)O)C(=O)NCc1ccccc1C(F)(F)F. The van der Waals surface area contributed by atoms with E-state index in [1.165, 1.54) is 18.2 Å². The highest BCUT2D eigenvalue weighted by Gasteiger charge is 2.32. The van der Waals surface area contributed by atoms with E-state index in [1.54, 1.807) is 0 Å². The van der Waals surface area contributed by atoms with E-state index in [0.717, 1.165) is 6.07 Å². The van der Waals surface area contributed by atoms with Crippen molar-refractivity contribution in [2.75, 3.05) is 0 Å². The first-order valence-corrected chi connectivity index (χ1v) is 6.12. The summed E-state index contributed by atoms with van der Waals surface area (Å²) in [5, 5.41) is 10.7. The first kappa shape index (κ1) is 17.0. The molecule has 0 aromatic heterocycles. The zero-order valence-electron chi connectivity index (χ0n) is 11.0. The lowest BCUT2D eigenvalue weighted by Gasteiger charge is -2.15. The smallest absolute Gasteiger partial charge is 0.416 e. The quantitative estimate of drug-likeness (QED) is 0.743. The number of alkyl halides is 3. The number of benzene rings is 1. The zero-order valence-corrected chi connectivity index (χ0v) is 11.0. The molecule has 0 fully saturated rings. The van der Waals surface area contributed by atoms with E-state index in [4.69, 9.17) is 10.8 Å². The predicted molar refractivity (Wildman–Crippen MR) is 68.1 cm³/mol. The van der Waals surface area contributed by atoms with E-state index in [1.807, 2.05) is 0 Å². The van der Waals surface area contributed by atoms with Gasteiger partial charge in [0.05, 0.1) is 11.6 Å². The summed E-state index contributed by atoms with van der Waals surface area (Å²) < 4.78 is 38.2. The Bertz CT molecular complexity index is 518. The van der Waals surface area contributed by atoms with E-state index in [2.05, 4.69) is 5.32 Å². The van der Waals surface area contributed by atoms with Gasteiger partial charge in [0.1, 0.15) is 0 Å². The number of nitrogens with one attached hydrogen (secondary N) is 1.